The van der Waals surface area contributed by atoms with Crippen molar-refractivity contribution in [3.05, 3.63) is 65.9 Å². The zero-order chi connectivity index (χ0) is 19.3. The lowest BCUT2D eigenvalue weighted by Crippen LogP contribution is -2.33. The van der Waals surface area contributed by atoms with Crippen LogP contribution in [0.4, 0.5) is 0 Å². The van der Waals surface area contributed by atoms with Crippen molar-refractivity contribution in [3.63, 3.8) is 0 Å². The van der Waals surface area contributed by atoms with Crippen molar-refractivity contribution in [1.82, 2.24) is 15.2 Å². The number of fused-ring (bicyclic) bond motifs is 1. The molecule has 1 unspecified atom stereocenters. The molecule has 0 radical (unpaired) electrons. The molecule has 2 heterocycles. The maximum atomic E-state index is 5.74. The summed E-state index contributed by atoms with van der Waals surface area (Å²) in [4.78, 5) is 7.25. The number of aromatic nitrogens is 1. The van der Waals surface area contributed by atoms with Crippen LogP contribution in [0.25, 0.3) is 10.9 Å². The predicted molar refractivity (Wildman–Crippen MR) is 112 cm³/mol. The Kier molecular flexibility index (Phi) is 5.74. The highest BCUT2D eigenvalue weighted by Gasteiger charge is 2.27. The second kappa shape index (κ2) is 8.59. The third-order valence-electron chi connectivity index (χ3n) is 5.40. The molecule has 0 amide bonds. The van der Waals surface area contributed by atoms with Crippen molar-refractivity contribution in [2.45, 2.75) is 12.5 Å². The summed E-state index contributed by atoms with van der Waals surface area (Å²) in [5.74, 6) is 1.71. The minimum absolute atomic E-state index is 0.0575. The highest BCUT2D eigenvalue weighted by Crippen LogP contribution is 2.37. The van der Waals surface area contributed by atoms with Crippen LogP contribution in [0.5, 0.6) is 11.5 Å². The van der Waals surface area contributed by atoms with E-state index in [9.17, 15) is 0 Å². The van der Waals surface area contributed by atoms with Gasteiger partial charge in [-0.3, -0.25) is 9.88 Å². The standard InChI is InChI=1S/C23H27N3O2/c1-27-19-8-9-22(28-2)20(15-19)23(26-12-5-10-24-11-13-26)18-14-17-6-3-4-7-21(17)25-16-18/h3-4,6-9,14-16,23-24H,5,10-13H2,1-2H3. The van der Waals surface area contributed by atoms with Gasteiger partial charge in [0.1, 0.15) is 11.5 Å². The van der Waals surface area contributed by atoms with Gasteiger partial charge in [-0.05, 0) is 48.9 Å². The number of ether oxygens (including phenoxy) is 2. The molecule has 0 spiro atoms. The number of rotatable bonds is 5. The second-order valence-corrected chi connectivity index (χ2v) is 7.11. The molecule has 28 heavy (non-hydrogen) atoms. The largest absolute Gasteiger partial charge is 0.497 e. The maximum absolute atomic E-state index is 5.74. The fourth-order valence-corrected chi connectivity index (χ4v) is 4.00. The van der Waals surface area contributed by atoms with Crippen LogP contribution in [0.2, 0.25) is 0 Å². The van der Waals surface area contributed by atoms with Crippen LogP contribution in [-0.4, -0.2) is 50.3 Å². The van der Waals surface area contributed by atoms with Crippen LogP contribution in [0, 0.1) is 0 Å². The molecule has 3 aromatic rings. The summed E-state index contributed by atoms with van der Waals surface area (Å²) < 4.78 is 11.3. The number of nitrogens with one attached hydrogen (secondary N) is 1. The molecule has 1 saturated heterocycles. The fourth-order valence-electron chi connectivity index (χ4n) is 4.00. The van der Waals surface area contributed by atoms with Gasteiger partial charge in [-0.1, -0.05) is 18.2 Å². The van der Waals surface area contributed by atoms with Crippen LogP contribution < -0.4 is 14.8 Å². The number of hydrogen-bond acceptors (Lipinski definition) is 5. The van der Waals surface area contributed by atoms with E-state index in [1.807, 2.05) is 24.4 Å². The van der Waals surface area contributed by atoms with Crippen molar-refractivity contribution in [2.75, 3.05) is 40.4 Å². The molecule has 1 N–H and O–H groups in total. The van der Waals surface area contributed by atoms with E-state index in [4.69, 9.17) is 14.5 Å². The van der Waals surface area contributed by atoms with E-state index in [0.717, 1.165) is 60.6 Å². The molecule has 5 heteroatoms. The summed E-state index contributed by atoms with van der Waals surface area (Å²) in [5, 5.41) is 4.66. The molecular formula is C23H27N3O2. The Labute approximate surface area is 166 Å². The molecule has 1 atom stereocenters. The van der Waals surface area contributed by atoms with Gasteiger partial charge in [-0.25, -0.2) is 0 Å². The number of benzene rings is 2. The Hall–Kier alpha value is -2.63. The van der Waals surface area contributed by atoms with Crippen molar-refractivity contribution >= 4 is 10.9 Å². The van der Waals surface area contributed by atoms with Crippen LogP contribution >= 0.6 is 0 Å². The summed E-state index contributed by atoms with van der Waals surface area (Å²) in [5.41, 5.74) is 3.30. The first-order valence-corrected chi connectivity index (χ1v) is 9.81. The number of methoxy groups -OCH3 is 2. The Balaban J connectivity index is 1.86. The quantitative estimate of drug-likeness (QED) is 0.736. The SMILES string of the molecule is COc1ccc(OC)c(C(c2cnc3ccccc3c2)N2CCCNCC2)c1. The van der Waals surface area contributed by atoms with Gasteiger partial charge in [0.25, 0.3) is 0 Å². The molecule has 0 bridgehead atoms. The summed E-state index contributed by atoms with van der Waals surface area (Å²) in [6, 6.07) is 16.6. The molecule has 1 fully saturated rings. The van der Waals surface area contributed by atoms with Gasteiger partial charge in [0.15, 0.2) is 0 Å². The van der Waals surface area contributed by atoms with Gasteiger partial charge in [0.05, 0.1) is 25.8 Å². The fraction of sp³-hybridized carbons (Fsp3) is 0.348. The average molecular weight is 377 g/mol. The van der Waals surface area contributed by atoms with Gasteiger partial charge in [-0.2, -0.15) is 0 Å². The first-order chi connectivity index (χ1) is 13.8. The Bertz CT molecular complexity index is 936. The van der Waals surface area contributed by atoms with Crippen LogP contribution in [-0.2, 0) is 0 Å². The monoisotopic (exact) mass is 377 g/mol. The van der Waals surface area contributed by atoms with E-state index >= 15 is 0 Å². The number of para-hydroxylation sites is 1. The third-order valence-corrected chi connectivity index (χ3v) is 5.40. The van der Waals surface area contributed by atoms with Crippen molar-refractivity contribution in [2.24, 2.45) is 0 Å². The molecule has 1 aliphatic heterocycles. The van der Waals surface area contributed by atoms with E-state index in [1.54, 1.807) is 14.2 Å². The molecule has 1 aliphatic rings. The minimum Gasteiger partial charge on any atom is -0.497 e. The lowest BCUT2D eigenvalue weighted by Gasteiger charge is -2.32. The zero-order valence-corrected chi connectivity index (χ0v) is 16.5. The van der Waals surface area contributed by atoms with Gasteiger partial charge in [0, 0.05) is 36.8 Å². The van der Waals surface area contributed by atoms with Gasteiger partial charge in [-0.15, -0.1) is 0 Å². The van der Waals surface area contributed by atoms with Crippen molar-refractivity contribution < 1.29 is 9.47 Å². The maximum Gasteiger partial charge on any atom is 0.124 e. The smallest absolute Gasteiger partial charge is 0.124 e. The minimum atomic E-state index is 0.0575. The topological polar surface area (TPSA) is 46.6 Å². The summed E-state index contributed by atoms with van der Waals surface area (Å²) in [6.07, 6.45) is 3.12. The molecule has 146 valence electrons. The third kappa shape index (κ3) is 3.81. The summed E-state index contributed by atoms with van der Waals surface area (Å²) in [6.45, 7) is 4.01. The highest BCUT2D eigenvalue weighted by molar-refractivity contribution is 5.79. The van der Waals surface area contributed by atoms with Crippen molar-refractivity contribution in [3.8, 4) is 11.5 Å². The lowest BCUT2D eigenvalue weighted by molar-refractivity contribution is 0.235. The van der Waals surface area contributed by atoms with Crippen molar-refractivity contribution in [1.29, 1.82) is 0 Å². The molecule has 5 nitrogen and oxygen atoms in total. The molecular weight excluding hydrogens is 350 g/mol. The van der Waals surface area contributed by atoms with E-state index in [0.29, 0.717) is 0 Å². The first-order valence-electron chi connectivity index (χ1n) is 9.81. The molecule has 0 saturated carbocycles. The van der Waals surface area contributed by atoms with E-state index < -0.39 is 0 Å². The zero-order valence-electron chi connectivity index (χ0n) is 16.5. The number of hydrogen-bond donors (Lipinski definition) is 1. The van der Waals surface area contributed by atoms with Gasteiger partial charge in [0.2, 0.25) is 0 Å². The number of nitrogens with zero attached hydrogens (tertiary/aromatic N) is 2. The highest BCUT2D eigenvalue weighted by atomic mass is 16.5. The van der Waals surface area contributed by atoms with Gasteiger partial charge >= 0.3 is 0 Å². The number of pyridine rings is 1. The molecule has 0 aliphatic carbocycles. The van der Waals surface area contributed by atoms with E-state index in [1.165, 1.54) is 5.56 Å². The normalized spacial score (nSPS) is 16.5. The summed E-state index contributed by atoms with van der Waals surface area (Å²) in [7, 11) is 3.43. The predicted octanol–water partition coefficient (Wildman–Crippen LogP) is 3.64. The average Bonchev–Trinajstić information content (AvgIpc) is 3.03. The molecule has 2 aromatic carbocycles. The Morgan fingerprint density at radius 1 is 1.00 bits per heavy atom. The lowest BCUT2D eigenvalue weighted by atomic mass is 9.95. The van der Waals surface area contributed by atoms with E-state index in [2.05, 4.69) is 40.5 Å². The first kappa shape index (κ1) is 18.7. The van der Waals surface area contributed by atoms with Crippen LogP contribution in [0.1, 0.15) is 23.6 Å². The molecule has 1 aromatic heterocycles. The second-order valence-electron chi connectivity index (χ2n) is 7.11. The van der Waals surface area contributed by atoms with Crippen LogP contribution in [0.3, 0.4) is 0 Å². The summed E-state index contributed by atoms with van der Waals surface area (Å²) >= 11 is 0. The van der Waals surface area contributed by atoms with E-state index in [-0.39, 0.29) is 6.04 Å². The molecule has 4 rings (SSSR count). The Morgan fingerprint density at radius 3 is 2.75 bits per heavy atom. The van der Waals surface area contributed by atoms with Crippen LogP contribution in [0.15, 0.2) is 54.7 Å². The van der Waals surface area contributed by atoms with Gasteiger partial charge < -0.3 is 14.8 Å². The Morgan fingerprint density at radius 2 is 1.89 bits per heavy atom.